The van der Waals surface area contributed by atoms with Gasteiger partial charge in [-0.2, -0.15) is 0 Å². The third-order valence-electron chi connectivity index (χ3n) is 5.44. The Labute approximate surface area is 206 Å². The first-order valence-corrected chi connectivity index (χ1v) is 12.5. The van der Waals surface area contributed by atoms with Gasteiger partial charge in [0.05, 0.1) is 11.4 Å². The lowest BCUT2D eigenvalue weighted by Gasteiger charge is -2.11. The molecule has 10 heteroatoms. The molecule has 0 aliphatic rings. The van der Waals surface area contributed by atoms with Crippen LogP contribution in [0.5, 0.6) is 0 Å². The van der Waals surface area contributed by atoms with Crippen LogP contribution in [-0.2, 0) is 16.6 Å². The lowest BCUT2D eigenvalue weighted by molar-refractivity contribution is 0.102. The van der Waals surface area contributed by atoms with E-state index in [1.807, 2.05) is 12.1 Å². The number of hydrogen-bond acceptors (Lipinski definition) is 5. The maximum Gasteiger partial charge on any atom is 0.350 e. The van der Waals surface area contributed by atoms with Crippen LogP contribution in [0.4, 0.5) is 11.4 Å². The predicted octanol–water partition coefficient (Wildman–Crippen LogP) is 3.60. The minimum absolute atomic E-state index is 0.126. The van der Waals surface area contributed by atoms with Crippen molar-refractivity contribution in [3.05, 3.63) is 125 Å². The zero-order chi connectivity index (χ0) is 25.1. The summed E-state index contributed by atoms with van der Waals surface area (Å²) in [6.07, 6.45) is 1.66. The Hall–Kier alpha value is -4.70. The highest BCUT2D eigenvalue weighted by molar-refractivity contribution is 7.92. The summed E-state index contributed by atoms with van der Waals surface area (Å²) in [5, 5.41) is 7.15. The molecule has 0 atom stereocenters. The molecule has 1 amide bonds. The molecule has 0 aliphatic carbocycles. The molecule has 3 aromatic carbocycles. The molecule has 0 unspecified atom stereocenters. The van der Waals surface area contributed by atoms with Crippen LogP contribution in [0.1, 0.15) is 15.9 Å². The zero-order valence-electron chi connectivity index (χ0n) is 18.9. The molecule has 0 aliphatic heterocycles. The van der Waals surface area contributed by atoms with E-state index in [1.165, 1.54) is 27.3 Å². The number of nitrogens with one attached hydrogen (secondary N) is 2. The van der Waals surface area contributed by atoms with E-state index in [2.05, 4.69) is 15.1 Å². The van der Waals surface area contributed by atoms with E-state index in [0.29, 0.717) is 11.3 Å². The summed E-state index contributed by atoms with van der Waals surface area (Å²) in [7, 11) is -3.78. The third-order valence-corrected chi connectivity index (χ3v) is 6.83. The Bertz CT molecular complexity index is 1730. The highest BCUT2D eigenvalue weighted by Crippen LogP contribution is 2.19. The third kappa shape index (κ3) is 4.89. The molecule has 0 radical (unpaired) electrons. The molecule has 0 spiro atoms. The van der Waals surface area contributed by atoms with Crippen molar-refractivity contribution >= 4 is 33.0 Å². The van der Waals surface area contributed by atoms with Gasteiger partial charge in [0.25, 0.3) is 15.9 Å². The number of carbonyl (C=O) groups is 1. The van der Waals surface area contributed by atoms with Gasteiger partial charge in [0, 0.05) is 23.1 Å². The summed E-state index contributed by atoms with van der Waals surface area (Å²) >= 11 is 0. The number of sulfonamides is 1. The average molecular weight is 500 g/mol. The van der Waals surface area contributed by atoms with Crippen molar-refractivity contribution in [2.45, 2.75) is 11.4 Å². The Balaban J connectivity index is 1.31. The van der Waals surface area contributed by atoms with Crippen LogP contribution < -0.4 is 15.7 Å². The van der Waals surface area contributed by atoms with Crippen molar-refractivity contribution in [2.75, 3.05) is 10.0 Å². The highest BCUT2D eigenvalue weighted by atomic mass is 32.2. The fourth-order valence-corrected chi connectivity index (χ4v) is 4.80. The van der Waals surface area contributed by atoms with Crippen molar-refractivity contribution in [1.29, 1.82) is 0 Å². The SMILES string of the molecule is O=C(Nc1cccc(Cn2nc3ccccn3c2=O)c1)c1cccc(NS(=O)(=O)c2ccccc2)c1. The monoisotopic (exact) mass is 499 g/mol. The number of hydrogen-bond donors (Lipinski definition) is 2. The first kappa shape index (κ1) is 23.1. The van der Waals surface area contributed by atoms with Crippen LogP contribution in [0.2, 0.25) is 0 Å². The van der Waals surface area contributed by atoms with Crippen LogP contribution in [-0.4, -0.2) is 28.5 Å². The minimum atomic E-state index is -3.78. The summed E-state index contributed by atoms with van der Waals surface area (Å²) in [4.78, 5) is 25.6. The van der Waals surface area contributed by atoms with E-state index in [0.717, 1.165) is 5.56 Å². The van der Waals surface area contributed by atoms with Crippen molar-refractivity contribution in [1.82, 2.24) is 14.2 Å². The summed E-state index contributed by atoms with van der Waals surface area (Å²) in [6.45, 7) is 0.237. The number of fused-ring (bicyclic) bond motifs is 1. The molecular formula is C26H21N5O4S. The second kappa shape index (κ2) is 9.51. The highest BCUT2D eigenvalue weighted by Gasteiger charge is 2.15. The van der Waals surface area contributed by atoms with E-state index >= 15 is 0 Å². The zero-order valence-corrected chi connectivity index (χ0v) is 19.7. The number of pyridine rings is 1. The van der Waals surface area contributed by atoms with E-state index in [-0.39, 0.29) is 28.4 Å². The Morgan fingerprint density at radius 3 is 2.39 bits per heavy atom. The Kier molecular flexibility index (Phi) is 6.09. The molecular weight excluding hydrogens is 478 g/mol. The maximum atomic E-state index is 12.9. The first-order chi connectivity index (χ1) is 17.4. The number of anilines is 2. The van der Waals surface area contributed by atoms with Crippen LogP contribution in [0, 0.1) is 0 Å². The van der Waals surface area contributed by atoms with Gasteiger partial charge in [0.15, 0.2) is 5.65 Å². The van der Waals surface area contributed by atoms with Gasteiger partial charge in [-0.15, -0.1) is 5.10 Å². The van der Waals surface area contributed by atoms with Gasteiger partial charge in [0.2, 0.25) is 0 Å². The lowest BCUT2D eigenvalue weighted by atomic mass is 10.1. The maximum absolute atomic E-state index is 12.9. The van der Waals surface area contributed by atoms with E-state index in [4.69, 9.17) is 0 Å². The van der Waals surface area contributed by atoms with Gasteiger partial charge in [0.1, 0.15) is 0 Å². The van der Waals surface area contributed by atoms with Crippen LogP contribution >= 0.6 is 0 Å². The summed E-state index contributed by atoms with van der Waals surface area (Å²) in [6, 6.07) is 26.7. The quantitative estimate of drug-likeness (QED) is 0.355. The van der Waals surface area contributed by atoms with Gasteiger partial charge in [-0.3, -0.25) is 13.9 Å². The van der Waals surface area contributed by atoms with E-state index < -0.39 is 15.9 Å². The number of nitrogens with zero attached hydrogens (tertiary/aromatic N) is 3. The molecule has 2 aromatic heterocycles. The van der Waals surface area contributed by atoms with Gasteiger partial charge in [-0.25, -0.2) is 17.9 Å². The molecule has 2 N–H and O–H groups in total. The normalized spacial score (nSPS) is 11.3. The predicted molar refractivity (Wildman–Crippen MR) is 137 cm³/mol. The number of benzene rings is 3. The molecule has 0 bridgehead atoms. The molecule has 5 aromatic rings. The molecule has 36 heavy (non-hydrogen) atoms. The molecule has 0 fully saturated rings. The fourth-order valence-electron chi connectivity index (χ4n) is 3.73. The van der Waals surface area contributed by atoms with Crippen molar-refractivity contribution in [2.24, 2.45) is 0 Å². The fraction of sp³-hybridized carbons (Fsp3) is 0.0385. The van der Waals surface area contributed by atoms with Crippen molar-refractivity contribution < 1.29 is 13.2 Å². The van der Waals surface area contributed by atoms with Gasteiger partial charge < -0.3 is 5.32 Å². The minimum Gasteiger partial charge on any atom is -0.322 e. The van der Waals surface area contributed by atoms with Crippen LogP contribution in [0.15, 0.2) is 113 Å². The van der Waals surface area contributed by atoms with Crippen LogP contribution in [0.3, 0.4) is 0 Å². The van der Waals surface area contributed by atoms with E-state index in [9.17, 15) is 18.0 Å². The molecule has 0 saturated heterocycles. The van der Waals surface area contributed by atoms with Gasteiger partial charge in [-0.05, 0) is 60.2 Å². The van der Waals surface area contributed by atoms with Gasteiger partial charge >= 0.3 is 5.69 Å². The van der Waals surface area contributed by atoms with Gasteiger partial charge in [-0.1, -0.05) is 42.5 Å². The molecule has 5 rings (SSSR count). The molecule has 9 nitrogen and oxygen atoms in total. The first-order valence-electron chi connectivity index (χ1n) is 11.0. The molecule has 0 saturated carbocycles. The van der Waals surface area contributed by atoms with E-state index in [1.54, 1.807) is 72.9 Å². The topological polar surface area (TPSA) is 115 Å². The number of rotatable bonds is 7. The van der Waals surface area contributed by atoms with Crippen molar-refractivity contribution in [3.63, 3.8) is 0 Å². The molecule has 180 valence electrons. The second-order valence-corrected chi connectivity index (χ2v) is 9.71. The number of carbonyl (C=O) groups excluding carboxylic acids is 1. The average Bonchev–Trinajstić information content (AvgIpc) is 3.20. The molecule has 2 heterocycles. The number of aromatic nitrogens is 3. The lowest BCUT2D eigenvalue weighted by Crippen LogP contribution is -2.21. The standard InChI is InChI=1S/C26H21N5O4S/c32-25(20-9-7-11-22(17-20)29-36(34,35)23-12-2-1-3-13-23)27-21-10-6-8-19(16-21)18-31-26(33)30-15-5-4-14-24(30)28-31/h1-17,29H,18H2,(H,27,32). The van der Waals surface area contributed by atoms with Crippen molar-refractivity contribution in [3.8, 4) is 0 Å². The smallest absolute Gasteiger partial charge is 0.322 e. The summed E-state index contributed by atoms with van der Waals surface area (Å²) < 4.78 is 30.5. The Morgan fingerprint density at radius 2 is 1.58 bits per heavy atom. The summed E-state index contributed by atoms with van der Waals surface area (Å²) in [5.41, 5.74) is 2.16. The Morgan fingerprint density at radius 1 is 0.833 bits per heavy atom. The van der Waals surface area contributed by atoms with Crippen LogP contribution in [0.25, 0.3) is 5.65 Å². The number of amides is 1. The largest absolute Gasteiger partial charge is 0.350 e. The second-order valence-electron chi connectivity index (χ2n) is 8.02. The summed E-state index contributed by atoms with van der Waals surface area (Å²) in [5.74, 6) is -0.405.